The van der Waals surface area contributed by atoms with Gasteiger partial charge in [-0.2, -0.15) is 4.31 Å². The number of fused-ring (bicyclic) bond motifs is 1. The minimum atomic E-state index is -3.41. The molecule has 5 nitrogen and oxygen atoms in total. The van der Waals surface area contributed by atoms with Crippen molar-refractivity contribution in [2.24, 2.45) is 5.92 Å². The molecule has 1 aromatic carbocycles. The van der Waals surface area contributed by atoms with Gasteiger partial charge in [-0.15, -0.1) is 11.3 Å². The lowest BCUT2D eigenvalue weighted by Crippen LogP contribution is -2.43. The van der Waals surface area contributed by atoms with Crippen molar-refractivity contribution >= 4 is 27.3 Å². The molecule has 2 heterocycles. The van der Waals surface area contributed by atoms with Crippen molar-refractivity contribution in [3.8, 4) is 0 Å². The van der Waals surface area contributed by atoms with Crippen molar-refractivity contribution in [3.05, 3.63) is 52.9 Å². The molecule has 1 saturated heterocycles. The van der Waals surface area contributed by atoms with Gasteiger partial charge in [0, 0.05) is 19.0 Å². The lowest BCUT2D eigenvalue weighted by molar-refractivity contribution is -0.127. The van der Waals surface area contributed by atoms with Gasteiger partial charge in [0.15, 0.2) is 0 Å². The van der Waals surface area contributed by atoms with E-state index in [-0.39, 0.29) is 17.9 Å². The van der Waals surface area contributed by atoms with Gasteiger partial charge in [-0.3, -0.25) is 4.79 Å². The number of piperidine rings is 1. The van der Waals surface area contributed by atoms with Crippen LogP contribution in [0.25, 0.3) is 0 Å². The summed E-state index contributed by atoms with van der Waals surface area (Å²) in [5, 5.41) is 4.99. The number of carbonyl (C=O) groups excluding carboxylic acids is 1. The topological polar surface area (TPSA) is 66.5 Å². The summed E-state index contributed by atoms with van der Waals surface area (Å²) in [4.78, 5) is 12.8. The minimum Gasteiger partial charge on any atom is -0.349 e. The van der Waals surface area contributed by atoms with Crippen molar-refractivity contribution in [3.63, 3.8) is 0 Å². The number of nitrogens with zero attached hydrogens (tertiary/aromatic N) is 1. The molecule has 1 aliphatic heterocycles. The van der Waals surface area contributed by atoms with E-state index in [1.807, 2.05) is 12.1 Å². The van der Waals surface area contributed by atoms with Crippen molar-refractivity contribution in [1.29, 1.82) is 0 Å². The lowest BCUT2D eigenvalue weighted by Gasteiger charge is -2.32. The predicted octanol–water partition coefficient (Wildman–Crippen LogP) is 3.34. The van der Waals surface area contributed by atoms with E-state index in [2.05, 4.69) is 17.4 Å². The van der Waals surface area contributed by atoms with Crippen LogP contribution in [0.5, 0.6) is 0 Å². The second kappa shape index (κ2) is 7.73. The van der Waals surface area contributed by atoms with Crippen LogP contribution in [0.4, 0.5) is 0 Å². The zero-order chi connectivity index (χ0) is 18.9. The SMILES string of the molecule is O=C(N[C@H]1CCCc2ccccc21)C1CCN(S(=O)(=O)c2cccs2)CC1. The summed E-state index contributed by atoms with van der Waals surface area (Å²) in [6.45, 7) is 0.805. The molecule has 144 valence electrons. The third-order valence-electron chi connectivity index (χ3n) is 5.60. The first kappa shape index (κ1) is 18.7. The molecule has 1 fully saturated rings. The third kappa shape index (κ3) is 3.81. The zero-order valence-electron chi connectivity index (χ0n) is 15.1. The van der Waals surface area contributed by atoms with Crippen LogP contribution >= 0.6 is 11.3 Å². The maximum absolute atomic E-state index is 12.8. The number of nitrogens with one attached hydrogen (secondary N) is 1. The second-order valence-electron chi connectivity index (χ2n) is 7.26. The fourth-order valence-corrected chi connectivity index (χ4v) is 6.70. The van der Waals surface area contributed by atoms with Crippen molar-refractivity contribution in [2.75, 3.05) is 13.1 Å². The maximum Gasteiger partial charge on any atom is 0.252 e. The van der Waals surface area contributed by atoms with Crippen LogP contribution < -0.4 is 5.32 Å². The number of hydrogen-bond acceptors (Lipinski definition) is 4. The molecule has 7 heteroatoms. The van der Waals surface area contributed by atoms with Crippen LogP contribution in [0.3, 0.4) is 0 Å². The summed E-state index contributed by atoms with van der Waals surface area (Å²) in [5.74, 6) is -0.0567. The molecule has 1 aromatic heterocycles. The molecule has 1 N–H and O–H groups in total. The molecule has 4 rings (SSSR count). The summed E-state index contributed by atoms with van der Waals surface area (Å²) in [6, 6.07) is 11.8. The molecule has 0 unspecified atom stereocenters. The zero-order valence-corrected chi connectivity index (χ0v) is 16.8. The summed E-state index contributed by atoms with van der Waals surface area (Å²) < 4.78 is 27.1. The van der Waals surface area contributed by atoms with E-state index in [1.54, 1.807) is 17.5 Å². The number of hydrogen-bond donors (Lipinski definition) is 1. The number of thiophene rings is 1. The average molecular weight is 405 g/mol. The third-order valence-corrected chi connectivity index (χ3v) is 8.87. The Morgan fingerprint density at radius 1 is 1.07 bits per heavy atom. The summed E-state index contributed by atoms with van der Waals surface area (Å²) >= 11 is 1.24. The Bertz CT molecular complexity index is 901. The Morgan fingerprint density at radius 3 is 2.59 bits per heavy atom. The summed E-state index contributed by atoms with van der Waals surface area (Å²) in [6.07, 6.45) is 4.27. The van der Waals surface area contributed by atoms with Crippen LogP contribution in [0.15, 0.2) is 46.0 Å². The molecule has 0 saturated carbocycles. The minimum absolute atomic E-state index is 0.0601. The monoisotopic (exact) mass is 404 g/mol. The highest BCUT2D eigenvalue weighted by Gasteiger charge is 2.33. The van der Waals surface area contributed by atoms with E-state index in [0.717, 1.165) is 19.3 Å². The quantitative estimate of drug-likeness (QED) is 0.850. The van der Waals surface area contributed by atoms with Crippen LogP contribution in [-0.4, -0.2) is 31.7 Å². The van der Waals surface area contributed by atoms with Gasteiger partial charge in [0.1, 0.15) is 4.21 Å². The molecule has 0 spiro atoms. The number of carbonyl (C=O) groups is 1. The molecule has 1 aliphatic carbocycles. The maximum atomic E-state index is 12.8. The number of amides is 1. The van der Waals surface area contributed by atoms with Gasteiger partial charge in [-0.25, -0.2) is 8.42 Å². The highest BCUT2D eigenvalue weighted by atomic mass is 32.2. The van der Waals surface area contributed by atoms with E-state index in [4.69, 9.17) is 0 Å². The van der Waals surface area contributed by atoms with Crippen LogP contribution in [0, 0.1) is 5.92 Å². The molecule has 1 atom stereocenters. The number of sulfonamides is 1. The number of aryl methyl sites for hydroxylation is 1. The van der Waals surface area contributed by atoms with E-state index in [9.17, 15) is 13.2 Å². The fraction of sp³-hybridized carbons (Fsp3) is 0.450. The second-order valence-corrected chi connectivity index (χ2v) is 10.4. The van der Waals surface area contributed by atoms with Crippen LogP contribution in [0.1, 0.15) is 42.9 Å². The molecule has 1 amide bonds. The molecular formula is C20H24N2O3S2. The Balaban J connectivity index is 1.37. The highest BCUT2D eigenvalue weighted by molar-refractivity contribution is 7.91. The van der Waals surface area contributed by atoms with Crippen molar-refractivity contribution in [1.82, 2.24) is 9.62 Å². The van der Waals surface area contributed by atoms with Crippen molar-refractivity contribution in [2.45, 2.75) is 42.4 Å². The first-order valence-electron chi connectivity index (χ1n) is 9.47. The molecule has 0 bridgehead atoms. The Hall–Kier alpha value is -1.70. The standard InChI is InChI=1S/C20H24N2O3S2/c23-20(21-18-8-3-6-15-5-1-2-7-17(15)18)16-10-12-22(13-11-16)27(24,25)19-9-4-14-26-19/h1-2,4-5,7,9,14,16,18H,3,6,8,10-13H2,(H,21,23)/t18-/m0/s1. The number of benzene rings is 1. The summed E-state index contributed by atoms with van der Waals surface area (Å²) in [5.41, 5.74) is 2.56. The van der Waals surface area contributed by atoms with Crippen LogP contribution in [0.2, 0.25) is 0 Å². The van der Waals surface area contributed by atoms with E-state index < -0.39 is 10.0 Å². The molecule has 0 radical (unpaired) electrons. The first-order chi connectivity index (χ1) is 13.1. The average Bonchev–Trinajstić information content (AvgIpc) is 3.24. The van der Waals surface area contributed by atoms with Gasteiger partial charge in [0.25, 0.3) is 10.0 Å². The Labute approximate surface area is 164 Å². The van der Waals surface area contributed by atoms with Crippen LogP contribution in [-0.2, 0) is 21.2 Å². The molecular weight excluding hydrogens is 380 g/mol. The molecule has 2 aromatic rings. The molecule has 2 aliphatic rings. The smallest absolute Gasteiger partial charge is 0.252 e. The Kier molecular flexibility index (Phi) is 5.34. The highest BCUT2D eigenvalue weighted by Crippen LogP contribution is 2.31. The first-order valence-corrected chi connectivity index (χ1v) is 11.8. The number of rotatable bonds is 4. The predicted molar refractivity (Wildman–Crippen MR) is 106 cm³/mol. The molecule has 27 heavy (non-hydrogen) atoms. The van der Waals surface area contributed by atoms with Crippen molar-refractivity contribution < 1.29 is 13.2 Å². The van der Waals surface area contributed by atoms with E-state index in [0.29, 0.717) is 30.1 Å². The van der Waals surface area contributed by atoms with E-state index >= 15 is 0 Å². The van der Waals surface area contributed by atoms with Gasteiger partial charge in [-0.05, 0) is 54.7 Å². The van der Waals surface area contributed by atoms with Gasteiger partial charge in [0.05, 0.1) is 6.04 Å². The summed E-state index contributed by atoms with van der Waals surface area (Å²) in [7, 11) is -3.41. The van der Waals surface area contributed by atoms with Gasteiger partial charge >= 0.3 is 0 Å². The van der Waals surface area contributed by atoms with E-state index in [1.165, 1.54) is 26.8 Å². The van der Waals surface area contributed by atoms with Gasteiger partial charge < -0.3 is 5.32 Å². The fourth-order valence-electron chi connectivity index (χ4n) is 4.09. The normalized spacial score (nSPS) is 21.6. The Morgan fingerprint density at radius 2 is 1.85 bits per heavy atom. The largest absolute Gasteiger partial charge is 0.349 e. The van der Waals surface area contributed by atoms with Gasteiger partial charge in [-0.1, -0.05) is 30.3 Å². The lowest BCUT2D eigenvalue weighted by atomic mass is 9.87. The van der Waals surface area contributed by atoms with Gasteiger partial charge in [0.2, 0.25) is 5.91 Å².